The second kappa shape index (κ2) is 8.56. The fourth-order valence-electron chi connectivity index (χ4n) is 2.83. The molecular formula is C21H17ClN4O3S. The zero-order chi connectivity index (χ0) is 21.1. The van der Waals surface area contributed by atoms with Crippen LogP contribution in [0.5, 0.6) is 11.5 Å². The first-order chi connectivity index (χ1) is 14.6. The van der Waals surface area contributed by atoms with Crippen molar-refractivity contribution in [3.8, 4) is 22.8 Å². The zero-order valence-electron chi connectivity index (χ0n) is 16.1. The Labute approximate surface area is 181 Å². The Hall–Kier alpha value is -3.36. The number of carbonyl (C=O) groups excluding carboxylic acids is 1. The number of anilines is 1. The van der Waals surface area contributed by atoms with Crippen molar-refractivity contribution in [1.82, 2.24) is 14.6 Å². The summed E-state index contributed by atoms with van der Waals surface area (Å²) in [4.78, 5) is 17.3. The highest BCUT2D eigenvalue weighted by Gasteiger charge is 2.12. The van der Waals surface area contributed by atoms with Crippen molar-refractivity contribution in [1.29, 1.82) is 0 Å². The number of amides is 1. The molecule has 0 bridgehead atoms. The summed E-state index contributed by atoms with van der Waals surface area (Å²) in [6.07, 6.45) is 3.09. The van der Waals surface area contributed by atoms with E-state index in [4.69, 9.17) is 21.1 Å². The summed E-state index contributed by atoms with van der Waals surface area (Å²) in [5.74, 6) is 1.11. The molecule has 0 unspecified atom stereocenters. The number of hydrogen-bond acceptors (Lipinski definition) is 6. The number of nitrogens with zero attached hydrogens (tertiary/aromatic N) is 3. The topological polar surface area (TPSA) is 77.8 Å². The molecule has 0 aliphatic heterocycles. The molecule has 9 heteroatoms. The third-order valence-corrected chi connectivity index (χ3v) is 5.36. The van der Waals surface area contributed by atoms with Crippen LogP contribution in [-0.4, -0.2) is 34.7 Å². The summed E-state index contributed by atoms with van der Waals surface area (Å²) >= 11 is 7.40. The minimum atomic E-state index is -0.337. The molecule has 0 atom stereocenters. The average molecular weight is 441 g/mol. The van der Waals surface area contributed by atoms with Crippen LogP contribution in [0.1, 0.15) is 5.56 Å². The Kier molecular flexibility index (Phi) is 5.69. The molecule has 1 N–H and O–H groups in total. The van der Waals surface area contributed by atoms with Gasteiger partial charge in [0.1, 0.15) is 0 Å². The molecule has 2 aromatic heterocycles. The summed E-state index contributed by atoms with van der Waals surface area (Å²) in [5.41, 5.74) is 2.63. The molecule has 1 amide bonds. The van der Waals surface area contributed by atoms with Crippen LogP contribution in [0.25, 0.3) is 22.3 Å². The molecule has 0 saturated carbocycles. The number of ether oxygens (including phenoxy) is 2. The second-order valence-corrected chi connectivity index (χ2v) is 7.47. The van der Waals surface area contributed by atoms with Gasteiger partial charge in [0.25, 0.3) is 11.9 Å². The molecule has 4 rings (SSSR count). The fraction of sp³-hybridized carbons (Fsp3) is 0.0952. The van der Waals surface area contributed by atoms with Gasteiger partial charge in [-0.1, -0.05) is 29.8 Å². The Morgan fingerprint density at radius 2 is 1.90 bits per heavy atom. The number of fused-ring (bicyclic) bond motifs is 1. The Morgan fingerprint density at radius 3 is 2.63 bits per heavy atom. The Balaban J connectivity index is 1.49. The molecule has 7 nitrogen and oxygen atoms in total. The molecule has 152 valence electrons. The van der Waals surface area contributed by atoms with Gasteiger partial charge < -0.3 is 9.47 Å². The largest absolute Gasteiger partial charge is 0.493 e. The molecule has 0 radical (unpaired) electrons. The molecule has 30 heavy (non-hydrogen) atoms. The number of nitrogens with one attached hydrogen (secondary N) is 1. The maximum atomic E-state index is 12.3. The summed E-state index contributed by atoms with van der Waals surface area (Å²) in [6.45, 7) is 0. The molecule has 0 aliphatic carbocycles. The molecule has 2 aromatic carbocycles. The van der Waals surface area contributed by atoms with Gasteiger partial charge in [0.2, 0.25) is 4.96 Å². The van der Waals surface area contributed by atoms with Crippen LogP contribution in [0.4, 0.5) is 5.95 Å². The lowest BCUT2D eigenvalue weighted by molar-refractivity contribution is -0.111. The molecule has 0 fully saturated rings. The van der Waals surface area contributed by atoms with E-state index in [1.54, 1.807) is 36.9 Å². The van der Waals surface area contributed by atoms with E-state index in [2.05, 4.69) is 15.4 Å². The number of benzene rings is 2. The first kappa shape index (κ1) is 19.9. The third-order valence-electron chi connectivity index (χ3n) is 4.29. The predicted molar refractivity (Wildman–Crippen MR) is 119 cm³/mol. The summed E-state index contributed by atoms with van der Waals surface area (Å²) in [7, 11) is 3.13. The molecule has 0 saturated heterocycles. The summed E-state index contributed by atoms with van der Waals surface area (Å²) in [6, 6.07) is 12.9. The van der Waals surface area contributed by atoms with Gasteiger partial charge in [-0.15, -0.1) is 16.4 Å². The number of methoxy groups -OCH3 is 2. The van der Waals surface area contributed by atoms with Crippen LogP contribution in [-0.2, 0) is 4.79 Å². The van der Waals surface area contributed by atoms with E-state index in [0.29, 0.717) is 21.5 Å². The van der Waals surface area contributed by atoms with Crippen LogP contribution in [0, 0.1) is 0 Å². The van der Waals surface area contributed by atoms with Gasteiger partial charge in [-0.2, -0.15) is 4.98 Å². The first-order valence-electron chi connectivity index (χ1n) is 8.88. The lowest BCUT2D eigenvalue weighted by atomic mass is 10.2. The van der Waals surface area contributed by atoms with Gasteiger partial charge in [0.05, 0.1) is 19.9 Å². The number of thiazole rings is 1. The van der Waals surface area contributed by atoms with E-state index < -0.39 is 0 Å². The van der Waals surface area contributed by atoms with Crippen LogP contribution in [0.15, 0.2) is 53.9 Å². The third kappa shape index (κ3) is 4.14. The molecule has 4 aromatic rings. The quantitative estimate of drug-likeness (QED) is 0.436. The van der Waals surface area contributed by atoms with Gasteiger partial charge in [-0.25, -0.2) is 4.52 Å². The van der Waals surface area contributed by atoms with E-state index in [9.17, 15) is 4.79 Å². The van der Waals surface area contributed by atoms with Crippen molar-refractivity contribution in [2.45, 2.75) is 0 Å². The van der Waals surface area contributed by atoms with E-state index in [0.717, 1.165) is 16.8 Å². The minimum Gasteiger partial charge on any atom is -0.493 e. The lowest BCUT2D eigenvalue weighted by Gasteiger charge is -2.07. The number of aromatic nitrogens is 3. The molecule has 0 aliphatic rings. The van der Waals surface area contributed by atoms with Crippen LogP contribution >= 0.6 is 22.9 Å². The van der Waals surface area contributed by atoms with E-state index in [1.165, 1.54) is 17.4 Å². The number of carbonyl (C=O) groups is 1. The normalized spacial score (nSPS) is 11.2. The van der Waals surface area contributed by atoms with E-state index in [1.807, 2.05) is 35.7 Å². The van der Waals surface area contributed by atoms with Gasteiger partial charge in [-0.3, -0.25) is 10.1 Å². The van der Waals surface area contributed by atoms with Crippen molar-refractivity contribution in [2.24, 2.45) is 0 Å². The summed E-state index contributed by atoms with van der Waals surface area (Å²) in [5, 5.41) is 9.71. The van der Waals surface area contributed by atoms with Crippen molar-refractivity contribution in [3.05, 3.63) is 64.5 Å². The minimum absolute atomic E-state index is 0.235. The zero-order valence-corrected chi connectivity index (χ0v) is 17.7. The Bertz CT molecular complexity index is 1230. The lowest BCUT2D eigenvalue weighted by Crippen LogP contribution is -2.09. The van der Waals surface area contributed by atoms with Crippen molar-refractivity contribution in [2.75, 3.05) is 19.5 Å². The van der Waals surface area contributed by atoms with Crippen LogP contribution in [0.2, 0.25) is 5.02 Å². The van der Waals surface area contributed by atoms with Gasteiger partial charge >= 0.3 is 0 Å². The highest BCUT2D eigenvalue weighted by molar-refractivity contribution is 7.15. The standard InChI is InChI=1S/C21H17ClN4O3S/c1-28-17-9-3-13(11-18(17)29-2)4-10-19(27)23-20-24-21-26(25-20)16(12-30-21)14-5-7-15(22)8-6-14/h3-12H,1-2H3,(H,23,25,27)/b10-4+. The second-order valence-electron chi connectivity index (χ2n) is 6.19. The predicted octanol–water partition coefficient (Wildman–Crippen LogP) is 4.78. The highest BCUT2D eigenvalue weighted by atomic mass is 35.5. The van der Waals surface area contributed by atoms with E-state index >= 15 is 0 Å². The SMILES string of the molecule is COc1ccc(/C=C/C(=O)Nc2nc3scc(-c4ccc(Cl)cc4)n3n2)cc1OC. The maximum absolute atomic E-state index is 12.3. The van der Waals surface area contributed by atoms with Crippen molar-refractivity contribution >= 4 is 45.8 Å². The van der Waals surface area contributed by atoms with Gasteiger partial charge in [0.15, 0.2) is 11.5 Å². The van der Waals surface area contributed by atoms with Gasteiger partial charge in [0, 0.05) is 22.0 Å². The average Bonchev–Trinajstić information content (AvgIpc) is 3.33. The maximum Gasteiger partial charge on any atom is 0.250 e. The molecular weight excluding hydrogens is 424 g/mol. The number of rotatable bonds is 6. The first-order valence-corrected chi connectivity index (χ1v) is 10.1. The molecule has 2 heterocycles. The fourth-order valence-corrected chi connectivity index (χ4v) is 3.79. The highest BCUT2D eigenvalue weighted by Crippen LogP contribution is 2.28. The van der Waals surface area contributed by atoms with E-state index in [-0.39, 0.29) is 11.9 Å². The van der Waals surface area contributed by atoms with Gasteiger partial charge in [-0.05, 0) is 35.9 Å². The monoisotopic (exact) mass is 440 g/mol. The van der Waals surface area contributed by atoms with Crippen molar-refractivity contribution < 1.29 is 14.3 Å². The Morgan fingerprint density at radius 1 is 1.13 bits per heavy atom. The van der Waals surface area contributed by atoms with Crippen molar-refractivity contribution in [3.63, 3.8) is 0 Å². The summed E-state index contributed by atoms with van der Waals surface area (Å²) < 4.78 is 12.2. The van der Waals surface area contributed by atoms with Crippen LogP contribution in [0.3, 0.4) is 0 Å². The smallest absolute Gasteiger partial charge is 0.250 e. The number of hydrogen-bond donors (Lipinski definition) is 1. The number of halogens is 1. The molecule has 0 spiro atoms. The van der Waals surface area contributed by atoms with Crippen LogP contribution < -0.4 is 14.8 Å².